The molecule has 0 N–H and O–H groups in total. The summed E-state index contributed by atoms with van der Waals surface area (Å²) in [6, 6.07) is 16.1. The highest BCUT2D eigenvalue weighted by Crippen LogP contribution is 2.07. The van der Waals surface area contributed by atoms with Crippen molar-refractivity contribution >= 4 is 12.0 Å². The average molecular weight is 279 g/mol. The molecule has 0 heterocycles. The van der Waals surface area contributed by atoms with Crippen molar-refractivity contribution in [2.75, 3.05) is 0 Å². The second kappa shape index (κ2) is 7.53. The minimum absolute atomic E-state index is 0.116. The molecule has 0 spiro atoms. The van der Waals surface area contributed by atoms with Crippen LogP contribution in [-0.4, -0.2) is 12.0 Å². The highest BCUT2D eigenvalue weighted by atomic mass is 16.1. The zero-order valence-corrected chi connectivity index (χ0v) is 12.7. The predicted molar refractivity (Wildman–Crippen MR) is 88.1 cm³/mol. The highest BCUT2D eigenvalue weighted by molar-refractivity contribution is 6.03. The van der Waals surface area contributed by atoms with E-state index in [0.717, 1.165) is 17.5 Å². The third-order valence-corrected chi connectivity index (χ3v) is 3.48. The largest absolute Gasteiger partial charge is 0.294 e. The van der Waals surface area contributed by atoms with Gasteiger partial charge in [-0.25, -0.2) is 0 Å². The van der Waals surface area contributed by atoms with Gasteiger partial charge in [-0.05, 0) is 24.5 Å². The van der Waals surface area contributed by atoms with E-state index >= 15 is 0 Å². The van der Waals surface area contributed by atoms with E-state index in [1.54, 1.807) is 6.21 Å². The molecular weight excluding hydrogens is 258 g/mol. The maximum Gasteiger partial charge on any atom is 0.168 e. The molecule has 108 valence electrons. The first-order chi connectivity index (χ1) is 10.2. The van der Waals surface area contributed by atoms with Gasteiger partial charge < -0.3 is 0 Å². The molecule has 2 aromatic rings. The molecular formula is C19H21NO. The Balaban J connectivity index is 1.85. The van der Waals surface area contributed by atoms with Crippen LogP contribution >= 0.6 is 0 Å². The molecule has 0 aromatic heterocycles. The van der Waals surface area contributed by atoms with Crippen LogP contribution in [0.25, 0.3) is 0 Å². The molecule has 2 aromatic carbocycles. The lowest BCUT2D eigenvalue weighted by Gasteiger charge is -2.00. The Bertz CT molecular complexity index is 609. The summed E-state index contributed by atoms with van der Waals surface area (Å²) in [5.41, 5.74) is 4.42. The maximum atomic E-state index is 12.0. The molecule has 0 saturated carbocycles. The van der Waals surface area contributed by atoms with Gasteiger partial charge in [-0.1, -0.05) is 61.0 Å². The molecule has 0 radical (unpaired) electrons. The smallest absolute Gasteiger partial charge is 0.168 e. The Morgan fingerprint density at radius 2 is 1.62 bits per heavy atom. The number of benzene rings is 2. The SMILES string of the molecule is CCc1ccc(C(=O)CC=NCc2ccc(C)cc2)cc1. The number of hydrogen-bond acceptors (Lipinski definition) is 2. The second-order valence-electron chi connectivity index (χ2n) is 5.19. The summed E-state index contributed by atoms with van der Waals surface area (Å²) in [5.74, 6) is 0.116. The minimum atomic E-state index is 0.116. The molecule has 0 unspecified atom stereocenters. The van der Waals surface area contributed by atoms with Crippen molar-refractivity contribution in [3.8, 4) is 0 Å². The second-order valence-corrected chi connectivity index (χ2v) is 5.19. The zero-order chi connectivity index (χ0) is 15.1. The van der Waals surface area contributed by atoms with Gasteiger partial charge in [0.15, 0.2) is 5.78 Å². The van der Waals surface area contributed by atoms with E-state index in [2.05, 4.69) is 43.1 Å². The lowest BCUT2D eigenvalue weighted by atomic mass is 10.1. The molecule has 0 aliphatic carbocycles. The molecule has 2 nitrogen and oxygen atoms in total. The monoisotopic (exact) mass is 279 g/mol. The first-order valence-electron chi connectivity index (χ1n) is 7.35. The Kier molecular flexibility index (Phi) is 5.44. The molecule has 0 atom stereocenters. The van der Waals surface area contributed by atoms with E-state index in [1.165, 1.54) is 11.1 Å². The van der Waals surface area contributed by atoms with E-state index in [9.17, 15) is 4.79 Å². The Morgan fingerprint density at radius 1 is 1.00 bits per heavy atom. The van der Waals surface area contributed by atoms with Crippen molar-refractivity contribution in [1.82, 2.24) is 0 Å². The quantitative estimate of drug-likeness (QED) is 0.569. The molecule has 0 bridgehead atoms. The van der Waals surface area contributed by atoms with Crippen molar-refractivity contribution in [3.63, 3.8) is 0 Å². The van der Waals surface area contributed by atoms with E-state index in [4.69, 9.17) is 0 Å². The van der Waals surface area contributed by atoms with Gasteiger partial charge in [0.25, 0.3) is 0 Å². The molecule has 2 heteroatoms. The number of carbonyl (C=O) groups excluding carboxylic acids is 1. The number of aryl methyl sites for hydroxylation is 2. The number of ketones is 1. The summed E-state index contributed by atoms with van der Waals surface area (Å²) in [5, 5.41) is 0. The molecule has 0 amide bonds. The fourth-order valence-electron chi connectivity index (χ4n) is 2.06. The molecule has 21 heavy (non-hydrogen) atoms. The van der Waals surface area contributed by atoms with Crippen LogP contribution in [-0.2, 0) is 13.0 Å². The number of hydrogen-bond donors (Lipinski definition) is 0. The summed E-state index contributed by atoms with van der Waals surface area (Å²) in [6.07, 6.45) is 3.07. The molecule has 2 rings (SSSR count). The Labute approximate surface area is 126 Å². The highest BCUT2D eigenvalue weighted by Gasteiger charge is 2.03. The van der Waals surface area contributed by atoms with Crippen LogP contribution in [0.5, 0.6) is 0 Å². The fraction of sp³-hybridized carbons (Fsp3) is 0.263. The van der Waals surface area contributed by atoms with Crippen molar-refractivity contribution in [1.29, 1.82) is 0 Å². The van der Waals surface area contributed by atoms with E-state index in [0.29, 0.717) is 13.0 Å². The maximum absolute atomic E-state index is 12.0. The number of carbonyl (C=O) groups is 1. The number of aliphatic imine (C=N–C) groups is 1. The first kappa shape index (κ1) is 15.2. The lowest BCUT2D eigenvalue weighted by Crippen LogP contribution is -2.00. The van der Waals surface area contributed by atoms with E-state index in [-0.39, 0.29) is 5.78 Å². The van der Waals surface area contributed by atoms with Gasteiger partial charge in [-0.3, -0.25) is 9.79 Å². The van der Waals surface area contributed by atoms with Gasteiger partial charge in [0.1, 0.15) is 0 Å². The van der Waals surface area contributed by atoms with Crippen LogP contribution in [0.2, 0.25) is 0 Å². The summed E-state index contributed by atoms with van der Waals surface area (Å²) < 4.78 is 0. The van der Waals surface area contributed by atoms with Crippen LogP contribution in [0.3, 0.4) is 0 Å². The van der Waals surface area contributed by atoms with E-state index < -0.39 is 0 Å². The summed E-state index contributed by atoms with van der Waals surface area (Å²) >= 11 is 0. The number of nitrogens with zero attached hydrogens (tertiary/aromatic N) is 1. The molecule has 0 aliphatic heterocycles. The predicted octanol–water partition coefficient (Wildman–Crippen LogP) is 4.40. The van der Waals surface area contributed by atoms with Gasteiger partial charge in [-0.2, -0.15) is 0 Å². The van der Waals surface area contributed by atoms with Crippen LogP contribution in [0.15, 0.2) is 53.5 Å². The van der Waals surface area contributed by atoms with Gasteiger partial charge >= 0.3 is 0 Å². The summed E-state index contributed by atoms with van der Waals surface area (Å²) in [6.45, 7) is 4.80. The first-order valence-corrected chi connectivity index (χ1v) is 7.35. The van der Waals surface area contributed by atoms with Crippen molar-refractivity contribution in [2.45, 2.75) is 33.2 Å². The molecule has 0 saturated heterocycles. The van der Waals surface area contributed by atoms with E-state index in [1.807, 2.05) is 24.3 Å². The molecule has 0 fully saturated rings. The third kappa shape index (κ3) is 4.67. The fourth-order valence-corrected chi connectivity index (χ4v) is 2.06. The molecule has 0 aliphatic rings. The number of Topliss-reactive ketones (excluding diaryl/α,β-unsaturated/α-hetero) is 1. The van der Waals surface area contributed by atoms with Crippen molar-refractivity contribution in [2.24, 2.45) is 4.99 Å². The van der Waals surface area contributed by atoms with Gasteiger partial charge in [0.05, 0.1) is 6.54 Å². The lowest BCUT2D eigenvalue weighted by molar-refractivity contribution is 0.100. The standard InChI is InChI=1S/C19H21NO/c1-3-16-8-10-18(11-9-16)19(21)12-13-20-14-17-6-4-15(2)5-7-17/h4-11,13H,3,12,14H2,1-2H3. The summed E-state index contributed by atoms with van der Waals surface area (Å²) in [4.78, 5) is 16.3. The van der Waals surface area contributed by atoms with Crippen LogP contribution in [0.4, 0.5) is 0 Å². The normalized spacial score (nSPS) is 11.0. The minimum Gasteiger partial charge on any atom is -0.294 e. The number of rotatable bonds is 6. The Hall–Kier alpha value is -2.22. The van der Waals surface area contributed by atoms with Gasteiger partial charge in [0.2, 0.25) is 0 Å². The zero-order valence-electron chi connectivity index (χ0n) is 12.7. The Morgan fingerprint density at radius 3 is 2.24 bits per heavy atom. The van der Waals surface area contributed by atoms with Crippen LogP contribution < -0.4 is 0 Å². The van der Waals surface area contributed by atoms with Gasteiger partial charge in [-0.15, -0.1) is 0 Å². The van der Waals surface area contributed by atoms with Crippen molar-refractivity contribution in [3.05, 3.63) is 70.8 Å². The average Bonchev–Trinajstić information content (AvgIpc) is 2.53. The third-order valence-electron chi connectivity index (χ3n) is 3.48. The van der Waals surface area contributed by atoms with Crippen LogP contribution in [0.1, 0.15) is 40.4 Å². The summed E-state index contributed by atoms with van der Waals surface area (Å²) in [7, 11) is 0. The van der Waals surface area contributed by atoms with Crippen LogP contribution in [0, 0.1) is 6.92 Å². The van der Waals surface area contributed by atoms with Crippen molar-refractivity contribution < 1.29 is 4.79 Å². The topological polar surface area (TPSA) is 29.4 Å². The van der Waals surface area contributed by atoms with Gasteiger partial charge in [0, 0.05) is 18.2 Å².